The number of rotatable bonds is 6. The van der Waals surface area contributed by atoms with Crippen LogP contribution in [0.4, 0.5) is 13.2 Å². The lowest BCUT2D eigenvalue weighted by Crippen LogP contribution is -2.05. The van der Waals surface area contributed by atoms with Gasteiger partial charge in [-0.2, -0.15) is 13.2 Å². The number of hydrogen-bond donors (Lipinski definition) is 0. The number of aromatic nitrogens is 4. The van der Waals surface area contributed by atoms with Crippen molar-refractivity contribution >= 4 is 21.8 Å². The second-order valence-electron chi connectivity index (χ2n) is 12.8. The monoisotopic (exact) mass is 694 g/mol. The average molecular weight is 695 g/mol. The molecule has 0 N–H and O–H groups in total. The Morgan fingerprint density at radius 2 is 0.943 bits per heavy atom. The zero-order chi connectivity index (χ0) is 35.9. The Balaban J connectivity index is 1.30. The lowest BCUT2D eigenvalue weighted by molar-refractivity contribution is -0.137. The van der Waals surface area contributed by atoms with Crippen molar-refractivity contribution in [2.45, 2.75) is 6.18 Å². The molecule has 7 aromatic carbocycles. The van der Waals surface area contributed by atoms with E-state index in [1.807, 2.05) is 109 Å². The predicted octanol–water partition coefficient (Wildman–Crippen LogP) is 12.3. The lowest BCUT2D eigenvalue weighted by atomic mass is 9.96. The van der Waals surface area contributed by atoms with Crippen LogP contribution in [0.25, 0.3) is 83.9 Å². The molecule has 4 nitrogen and oxygen atoms in total. The van der Waals surface area contributed by atoms with Crippen molar-refractivity contribution in [3.63, 3.8) is 0 Å². The topological polar surface area (TPSA) is 43.6 Å². The Morgan fingerprint density at radius 1 is 0.377 bits per heavy atom. The van der Waals surface area contributed by atoms with E-state index in [2.05, 4.69) is 47.0 Å². The molecule has 0 fully saturated rings. The predicted molar refractivity (Wildman–Crippen MR) is 206 cm³/mol. The van der Waals surface area contributed by atoms with Crippen LogP contribution in [0.5, 0.6) is 0 Å². The first-order chi connectivity index (χ1) is 25.9. The molecule has 0 aliphatic rings. The molecule has 9 rings (SSSR count). The van der Waals surface area contributed by atoms with Crippen LogP contribution in [-0.2, 0) is 6.18 Å². The van der Waals surface area contributed by atoms with Crippen LogP contribution in [0.15, 0.2) is 176 Å². The van der Waals surface area contributed by atoms with Gasteiger partial charge in [-0.05, 0) is 70.8 Å². The highest BCUT2D eigenvalue weighted by Crippen LogP contribution is 2.40. The van der Waals surface area contributed by atoms with E-state index >= 15 is 0 Å². The van der Waals surface area contributed by atoms with Crippen LogP contribution in [-0.4, -0.2) is 19.5 Å². The highest BCUT2D eigenvalue weighted by Gasteiger charge is 2.31. The summed E-state index contributed by atoms with van der Waals surface area (Å²) in [5.41, 5.74) is 7.36. The molecule has 0 atom stereocenters. The molecular weight excluding hydrogens is 666 g/mol. The number of benzene rings is 7. The summed E-state index contributed by atoms with van der Waals surface area (Å²) in [6.07, 6.45) is -4.52. The van der Waals surface area contributed by atoms with Crippen molar-refractivity contribution in [3.05, 3.63) is 181 Å². The average Bonchev–Trinajstić information content (AvgIpc) is 3.55. The van der Waals surface area contributed by atoms with Gasteiger partial charge in [-0.25, -0.2) is 15.0 Å². The molecule has 254 valence electrons. The second-order valence-corrected chi connectivity index (χ2v) is 12.8. The molecule has 9 aromatic rings. The lowest BCUT2D eigenvalue weighted by Gasteiger charge is -2.16. The summed E-state index contributed by atoms with van der Waals surface area (Å²) in [6, 6.07) is 55.3. The highest BCUT2D eigenvalue weighted by molar-refractivity contribution is 6.10. The maximum Gasteiger partial charge on any atom is 0.416 e. The molecule has 0 unspecified atom stereocenters. The fourth-order valence-electron chi connectivity index (χ4n) is 6.96. The molecule has 7 heteroatoms. The summed E-state index contributed by atoms with van der Waals surface area (Å²) in [5, 5.41) is 2.14. The quantitative estimate of drug-likeness (QED) is 0.174. The summed E-state index contributed by atoms with van der Waals surface area (Å²) in [4.78, 5) is 14.7. The van der Waals surface area contributed by atoms with E-state index in [4.69, 9.17) is 15.0 Å². The van der Waals surface area contributed by atoms with Crippen LogP contribution in [0.2, 0.25) is 0 Å². The Hall–Kier alpha value is -6.86. The number of halogens is 3. The van der Waals surface area contributed by atoms with Gasteiger partial charge < -0.3 is 4.57 Å². The van der Waals surface area contributed by atoms with Crippen molar-refractivity contribution in [1.29, 1.82) is 0 Å². The number of nitrogens with zero attached hydrogens (tertiary/aromatic N) is 4. The minimum atomic E-state index is -4.52. The van der Waals surface area contributed by atoms with E-state index in [9.17, 15) is 13.2 Å². The second kappa shape index (κ2) is 13.0. The smallest absolute Gasteiger partial charge is 0.309 e. The Morgan fingerprint density at radius 3 is 1.60 bits per heavy atom. The van der Waals surface area contributed by atoms with Crippen molar-refractivity contribution in [2.24, 2.45) is 0 Å². The van der Waals surface area contributed by atoms with Gasteiger partial charge in [0.2, 0.25) is 0 Å². The summed E-state index contributed by atoms with van der Waals surface area (Å²) in [7, 11) is 0. The molecule has 0 saturated heterocycles. The first-order valence-corrected chi connectivity index (χ1v) is 17.2. The zero-order valence-corrected chi connectivity index (χ0v) is 28.2. The minimum Gasteiger partial charge on any atom is -0.309 e. The van der Waals surface area contributed by atoms with E-state index in [1.165, 1.54) is 12.1 Å². The Kier molecular flexibility index (Phi) is 7.89. The molecule has 2 heterocycles. The van der Waals surface area contributed by atoms with E-state index < -0.39 is 11.7 Å². The number of alkyl halides is 3. The fraction of sp³-hybridized carbons (Fsp3) is 0.0217. The first kappa shape index (κ1) is 32.1. The number of fused-ring (bicyclic) bond motifs is 3. The van der Waals surface area contributed by atoms with E-state index in [-0.39, 0.29) is 0 Å². The molecule has 0 spiro atoms. The van der Waals surface area contributed by atoms with Gasteiger partial charge in [-0.15, -0.1) is 0 Å². The van der Waals surface area contributed by atoms with Crippen LogP contribution in [0.1, 0.15) is 5.56 Å². The van der Waals surface area contributed by atoms with E-state index in [1.54, 1.807) is 6.07 Å². The van der Waals surface area contributed by atoms with Crippen LogP contribution < -0.4 is 0 Å². The summed E-state index contributed by atoms with van der Waals surface area (Å²) in [5.74, 6) is 1.28. The van der Waals surface area contributed by atoms with Gasteiger partial charge in [0.25, 0.3) is 0 Å². The maximum atomic E-state index is 14.2. The fourth-order valence-corrected chi connectivity index (χ4v) is 6.96. The summed E-state index contributed by atoms with van der Waals surface area (Å²) in [6.45, 7) is 0. The van der Waals surface area contributed by atoms with Gasteiger partial charge in [0.1, 0.15) is 0 Å². The molecule has 0 bridgehead atoms. The summed E-state index contributed by atoms with van der Waals surface area (Å²) >= 11 is 0. The number of para-hydroxylation sites is 1. The van der Waals surface area contributed by atoms with Gasteiger partial charge in [-0.3, -0.25) is 0 Å². The molecule has 2 aromatic heterocycles. The Labute approximate surface area is 303 Å². The highest BCUT2D eigenvalue weighted by atomic mass is 19.4. The van der Waals surface area contributed by atoms with Crippen molar-refractivity contribution in [3.8, 4) is 62.1 Å². The molecule has 0 radical (unpaired) electrons. The van der Waals surface area contributed by atoms with Gasteiger partial charge in [-0.1, -0.05) is 127 Å². The third kappa shape index (κ3) is 6.02. The van der Waals surface area contributed by atoms with Gasteiger partial charge in [0.05, 0.1) is 16.6 Å². The standard InChI is InChI=1S/C46H29F3N4/c47-46(48,49)35-20-12-19-34(27-35)39-29-36(53-41-22-11-10-21-37(41)40-28-33(23-26-42(40)53)30-13-4-1-5-14-30)24-25-38(39)45-51-43(31-15-6-2-7-16-31)50-44(52-45)32-17-8-3-9-18-32/h1-29H. The van der Waals surface area contributed by atoms with E-state index in [0.717, 1.165) is 55.8 Å². The van der Waals surface area contributed by atoms with Gasteiger partial charge in [0, 0.05) is 33.2 Å². The zero-order valence-electron chi connectivity index (χ0n) is 28.2. The number of hydrogen-bond acceptors (Lipinski definition) is 3. The molecule has 53 heavy (non-hydrogen) atoms. The van der Waals surface area contributed by atoms with E-state index in [0.29, 0.717) is 34.2 Å². The SMILES string of the molecule is FC(F)(F)c1cccc(-c2cc(-n3c4ccccc4c4cc(-c5ccccc5)ccc43)ccc2-c2nc(-c3ccccc3)nc(-c3ccccc3)n2)c1. The third-order valence-electron chi connectivity index (χ3n) is 9.48. The van der Waals surface area contributed by atoms with Crippen molar-refractivity contribution in [2.75, 3.05) is 0 Å². The molecular formula is C46H29F3N4. The summed E-state index contributed by atoms with van der Waals surface area (Å²) < 4.78 is 44.6. The van der Waals surface area contributed by atoms with Gasteiger partial charge in [0.15, 0.2) is 17.5 Å². The first-order valence-electron chi connectivity index (χ1n) is 17.2. The molecule has 0 aliphatic heterocycles. The van der Waals surface area contributed by atoms with Gasteiger partial charge >= 0.3 is 6.18 Å². The largest absolute Gasteiger partial charge is 0.416 e. The normalized spacial score (nSPS) is 11.7. The third-order valence-corrected chi connectivity index (χ3v) is 9.48. The minimum absolute atomic E-state index is 0.353. The van der Waals surface area contributed by atoms with Crippen LogP contribution in [0.3, 0.4) is 0 Å². The van der Waals surface area contributed by atoms with Crippen molar-refractivity contribution in [1.82, 2.24) is 19.5 Å². The maximum absolute atomic E-state index is 14.2. The Bertz CT molecular complexity index is 2700. The molecule has 0 saturated carbocycles. The molecule has 0 amide bonds. The van der Waals surface area contributed by atoms with Crippen molar-refractivity contribution < 1.29 is 13.2 Å². The van der Waals surface area contributed by atoms with Crippen LogP contribution in [0, 0.1) is 0 Å². The van der Waals surface area contributed by atoms with Crippen LogP contribution >= 0.6 is 0 Å². The molecule has 0 aliphatic carbocycles.